The van der Waals surface area contributed by atoms with Crippen molar-refractivity contribution in [2.24, 2.45) is 10.8 Å². The van der Waals surface area contributed by atoms with Gasteiger partial charge in [0.15, 0.2) is 6.04 Å². The maximum absolute atomic E-state index is 14.6. The van der Waals surface area contributed by atoms with Gasteiger partial charge in [0.25, 0.3) is 6.07 Å². The van der Waals surface area contributed by atoms with Gasteiger partial charge in [0.05, 0.1) is 41.6 Å². The van der Waals surface area contributed by atoms with E-state index in [1.807, 2.05) is 64.1 Å². The van der Waals surface area contributed by atoms with Crippen molar-refractivity contribution >= 4 is 59.0 Å². The van der Waals surface area contributed by atoms with Crippen LogP contribution in [0.15, 0.2) is 48.5 Å². The van der Waals surface area contributed by atoms with Crippen LogP contribution in [0.3, 0.4) is 0 Å². The monoisotopic (exact) mass is 999 g/mol. The molecule has 4 saturated heterocycles. The molecule has 16 nitrogen and oxygen atoms in total. The molecular formula is C52H71N8O8S2+. The highest BCUT2D eigenvalue weighted by Crippen LogP contribution is 2.48. The van der Waals surface area contributed by atoms with E-state index in [9.17, 15) is 28.8 Å². The minimum Gasteiger partial charge on any atom is -0.376 e. The maximum Gasteiger partial charge on any atom is 0.537 e. The first kappa shape index (κ1) is 51.8. The molecule has 378 valence electrons. The molecule has 5 N–H and O–H groups in total. The van der Waals surface area contributed by atoms with Crippen molar-refractivity contribution in [1.82, 2.24) is 36.4 Å². The summed E-state index contributed by atoms with van der Waals surface area (Å²) >= 11 is 3.32. The third-order valence-electron chi connectivity index (χ3n) is 15.1. The van der Waals surface area contributed by atoms with Crippen molar-refractivity contribution in [2.75, 3.05) is 45.4 Å². The van der Waals surface area contributed by atoms with Crippen LogP contribution in [0.1, 0.15) is 107 Å². The smallest absolute Gasteiger partial charge is 0.376 e. The van der Waals surface area contributed by atoms with Crippen molar-refractivity contribution < 1.29 is 38.2 Å². The largest absolute Gasteiger partial charge is 0.537 e. The molecule has 2 aromatic rings. The lowest BCUT2D eigenvalue weighted by molar-refractivity contribution is -0.144. The molecular weight excluding hydrogens is 929 g/mol. The van der Waals surface area contributed by atoms with Crippen molar-refractivity contribution in [3.8, 4) is 6.07 Å². The number of fused-ring (bicyclic) bond motifs is 4. The van der Waals surface area contributed by atoms with Gasteiger partial charge in [-0.2, -0.15) is 4.79 Å². The molecule has 4 heterocycles. The first-order chi connectivity index (χ1) is 33.5. The maximum atomic E-state index is 14.6. The number of carbonyl (C=O) groups is 6. The van der Waals surface area contributed by atoms with Crippen LogP contribution < -0.4 is 26.6 Å². The van der Waals surface area contributed by atoms with Crippen LogP contribution in [-0.4, -0.2) is 144 Å². The first-order valence-corrected chi connectivity index (χ1v) is 27.1. The summed E-state index contributed by atoms with van der Waals surface area (Å²) in [6.45, 7) is 10.8. The van der Waals surface area contributed by atoms with Gasteiger partial charge < -0.3 is 45.9 Å². The second-order valence-corrected chi connectivity index (χ2v) is 23.6. The number of rotatable bonds is 16. The van der Waals surface area contributed by atoms with Crippen LogP contribution in [-0.2, 0) is 51.1 Å². The van der Waals surface area contributed by atoms with Crippen LogP contribution in [0, 0.1) is 16.9 Å². The van der Waals surface area contributed by atoms with Gasteiger partial charge in [-0.3, -0.25) is 24.0 Å². The molecule has 2 aromatic carbocycles. The van der Waals surface area contributed by atoms with E-state index < -0.39 is 53.0 Å². The topological polar surface area (TPSA) is 192 Å². The highest BCUT2D eigenvalue weighted by atomic mass is 32.2. The summed E-state index contributed by atoms with van der Waals surface area (Å²) in [7, 11) is 3.38. The van der Waals surface area contributed by atoms with Crippen molar-refractivity contribution in [1.29, 1.82) is 0 Å². The molecule has 0 spiro atoms. The molecule has 6 aliphatic rings. The van der Waals surface area contributed by atoms with E-state index in [1.54, 1.807) is 54.3 Å². The van der Waals surface area contributed by atoms with Gasteiger partial charge >= 0.3 is 5.91 Å². The predicted molar refractivity (Wildman–Crippen MR) is 271 cm³/mol. The average Bonchev–Trinajstić information content (AvgIpc) is 3.97. The molecule has 0 radical (unpaired) electrons. The van der Waals surface area contributed by atoms with E-state index in [2.05, 4.69) is 49.6 Å². The minimum absolute atomic E-state index is 0.0952. The minimum atomic E-state index is -0.798. The van der Waals surface area contributed by atoms with E-state index in [0.29, 0.717) is 76.1 Å². The number of carbonyl (C=O) groups excluding carboxylic acids is 6. The molecule has 4 aliphatic heterocycles. The van der Waals surface area contributed by atoms with Gasteiger partial charge in [-0.25, -0.2) is 0 Å². The van der Waals surface area contributed by atoms with Gasteiger partial charge in [0, 0.05) is 36.3 Å². The Kier molecular flexibility index (Phi) is 16.4. The van der Waals surface area contributed by atoms with Gasteiger partial charge in [-0.05, 0) is 98.7 Å². The Morgan fingerprint density at radius 2 is 1.30 bits per heavy atom. The van der Waals surface area contributed by atoms with E-state index in [4.69, 9.17) is 9.47 Å². The lowest BCUT2D eigenvalue weighted by Gasteiger charge is -2.35. The molecule has 0 bridgehead atoms. The Morgan fingerprint density at radius 1 is 0.757 bits per heavy atom. The molecule has 0 aromatic heterocycles. The first-order valence-electron chi connectivity index (χ1n) is 25.0. The number of benzene rings is 2. The van der Waals surface area contributed by atoms with Gasteiger partial charge in [0.1, 0.15) is 24.0 Å². The summed E-state index contributed by atoms with van der Waals surface area (Å²) in [6, 6.07) is 15.5. The Labute approximate surface area is 420 Å². The normalized spacial score (nSPS) is 29.9. The molecule has 6 amide bonds. The summed E-state index contributed by atoms with van der Waals surface area (Å²) in [5.41, 5.74) is 3.21. The summed E-state index contributed by atoms with van der Waals surface area (Å²) in [5, 5.41) is 14.6. The number of thioether (sulfide) groups is 2. The number of hydrogen-bond acceptors (Lipinski definition) is 12. The highest BCUT2D eigenvalue weighted by Gasteiger charge is 2.59. The number of amides is 6. The molecule has 8 rings (SSSR count). The van der Waals surface area contributed by atoms with Crippen LogP contribution in [0.5, 0.6) is 0 Å². The molecule has 11 atom stereocenters. The van der Waals surface area contributed by atoms with Crippen molar-refractivity contribution in [3.63, 3.8) is 0 Å². The lowest BCUT2D eigenvalue weighted by Crippen LogP contribution is -2.58. The second kappa shape index (κ2) is 22.1. The zero-order chi connectivity index (χ0) is 49.9. The standard InChI is InChI=1S/C52H70N8O8S2/c1-30(54-7)46(62)57-37-19-23-70-42-27-52(4,5)45(60(42)50(37)66)48(64)58-43-34-17-11-9-15-32(34)25-39(43)68-21-13-12-20-67-38-24-31-14-8-10-16-33(31)35(38)28-55-47(63)44-51(2,3)26-41-59(44)49(65)36(18-22-69-41)56-40(61)29-53-6/h8-11,14-17,30,35-39,41-45,53-54H,12-13,18-27,29H2,1-7H3,(H2-,56,57,58,61,62,64)/p+1/t30-,35?,36-,37-,38+,39+,41-,42-,43-,44+,45+/m0/s1. The molecule has 2 aliphatic carbocycles. The van der Waals surface area contributed by atoms with E-state index in [0.717, 1.165) is 22.3 Å². The zero-order valence-electron chi connectivity index (χ0n) is 41.6. The molecule has 18 heteroatoms. The van der Waals surface area contributed by atoms with Crippen LogP contribution in [0.25, 0.3) is 4.85 Å². The number of nitrogens with one attached hydrogen (secondary N) is 5. The van der Waals surface area contributed by atoms with Crippen molar-refractivity contribution in [2.45, 2.75) is 151 Å². The Morgan fingerprint density at radius 3 is 1.93 bits per heavy atom. The Bertz CT molecular complexity index is 2370. The zero-order valence-corrected chi connectivity index (χ0v) is 43.2. The van der Waals surface area contributed by atoms with Crippen molar-refractivity contribution in [3.05, 3.63) is 75.6 Å². The summed E-state index contributed by atoms with van der Waals surface area (Å²) in [6.07, 6.45) is 4.39. The Balaban J connectivity index is 0.885. The number of likely N-dealkylation sites (N-methyl/N-ethyl adjacent to an activating group) is 2. The van der Waals surface area contributed by atoms with E-state index >= 15 is 0 Å². The number of hydrogen-bond donors (Lipinski definition) is 5. The molecule has 1 unspecified atom stereocenters. The average molecular weight is 1000 g/mol. The number of unbranched alkanes of at least 4 members (excludes halogenated alkanes) is 1. The predicted octanol–water partition coefficient (Wildman–Crippen LogP) is 4.13. The second-order valence-electron chi connectivity index (χ2n) is 21.0. The third-order valence-corrected chi connectivity index (χ3v) is 17.6. The fourth-order valence-corrected chi connectivity index (χ4v) is 14.5. The van der Waals surface area contributed by atoms with Crippen LogP contribution in [0.2, 0.25) is 0 Å². The van der Waals surface area contributed by atoms with E-state index in [-0.39, 0.29) is 65.0 Å². The van der Waals surface area contributed by atoms with Crippen LogP contribution in [0.4, 0.5) is 0 Å². The Hall–Kier alpha value is -4.51. The van der Waals surface area contributed by atoms with Gasteiger partial charge in [0.2, 0.25) is 29.5 Å². The fraction of sp³-hybridized carbons (Fsp3) is 0.635. The van der Waals surface area contributed by atoms with Gasteiger partial charge in [-0.15, -0.1) is 23.5 Å². The summed E-state index contributed by atoms with van der Waals surface area (Å²) in [5.74, 6) is -0.624. The fourth-order valence-electron chi connectivity index (χ4n) is 11.4. The third kappa shape index (κ3) is 10.9. The molecule has 4 fully saturated rings. The molecule has 70 heavy (non-hydrogen) atoms. The van der Waals surface area contributed by atoms with Crippen LogP contribution >= 0.6 is 23.5 Å². The highest BCUT2D eigenvalue weighted by molar-refractivity contribution is 8.00. The summed E-state index contributed by atoms with van der Waals surface area (Å²) in [4.78, 5) is 90.3. The van der Waals surface area contributed by atoms with E-state index in [1.165, 1.54) is 0 Å². The molecule has 0 saturated carbocycles. The SMILES string of the molecule is CNCC(=O)N[C@H]1CCS[C@H]2CC(C)(C)[C@@H](C(=O)[N+]#CC3c4ccccc4C[C@H]3OCCCCO[C@@H]3Cc4ccccc4[C@@H]3NC(=O)[C@H]3N4C(=O)[C@@H](NC(=O)[C@H](C)NC)CCS[C@H]4CC3(C)C)N2C1=O. The quantitative estimate of drug-likeness (QED) is 0.152. The van der Waals surface area contributed by atoms with Gasteiger partial charge in [-0.1, -0.05) is 76.2 Å². The number of ether oxygens (including phenoxy) is 2. The lowest BCUT2D eigenvalue weighted by atomic mass is 9.83. The number of nitrogens with zero attached hydrogens (tertiary/aromatic N) is 3. The summed E-state index contributed by atoms with van der Waals surface area (Å²) < 4.78 is 13.1.